The van der Waals surface area contributed by atoms with Crippen LogP contribution < -0.4 is 5.32 Å². The molecule has 0 fully saturated rings. The third-order valence-electron chi connectivity index (χ3n) is 2.74. The van der Waals surface area contributed by atoms with E-state index < -0.39 is 0 Å². The van der Waals surface area contributed by atoms with E-state index in [2.05, 4.69) is 33.0 Å². The molecule has 0 aliphatic rings. The van der Waals surface area contributed by atoms with E-state index in [1.54, 1.807) is 7.05 Å². The summed E-state index contributed by atoms with van der Waals surface area (Å²) < 4.78 is 0. The van der Waals surface area contributed by atoms with Gasteiger partial charge in [0, 0.05) is 13.5 Å². The van der Waals surface area contributed by atoms with E-state index in [1.807, 2.05) is 0 Å². The third kappa shape index (κ3) is 3.74. The topological polar surface area (TPSA) is 29.1 Å². The smallest absolute Gasteiger partial charge is 0.220 e. The van der Waals surface area contributed by atoms with Crippen molar-refractivity contribution in [2.45, 2.75) is 34.1 Å². The Kier molecular flexibility index (Phi) is 4.95. The molecule has 0 aliphatic heterocycles. The van der Waals surface area contributed by atoms with Gasteiger partial charge in [0.25, 0.3) is 0 Å². The molecule has 0 saturated carbocycles. The van der Waals surface area contributed by atoms with Gasteiger partial charge in [0.05, 0.1) is 0 Å². The zero-order valence-electron chi connectivity index (χ0n) is 8.85. The van der Waals surface area contributed by atoms with Gasteiger partial charge in [-0.1, -0.05) is 27.7 Å². The Bertz CT molecular complexity index is 143. The Hall–Kier alpha value is -0.530. The monoisotopic (exact) mass is 171 g/mol. The van der Waals surface area contributed by atoms with Gasteiger partial charge in [-0.3, -0.25) is 4.79 Å². The van der Waals surface area contributed by atoms with E-state index >= 15 is 0 Å². The van der Waals surface area contributed by atoms with Crippen molar-refractivity contribution in [3.8, 4) is 0 Å². The summed E-state index contributed by atoms with van der Waals surface area (Å²) >= 11 is 0. The van der Waals surface area contributed by atoms with E-state index in [9.17, 15) is 4.79 Å². The molecule has 72 valence electrons. The van der Waals surface area contributed by atoms with Crippen LogP contribution in [-0.2, 0) is 4.79 Å². The molecule has 0 saturated heterocycles. The Balaban J connectivity index is 3.86. The zero-order chi connectivity index (χ0) is 9.72. The van der Waals surface area contributed by atoms with E-state index in [-0.39, 0.29) is 5.91 Å². The highest BCUT2D eigenvalue weighted by Crippen LogP contribution is 2.22. The van der Waals surface area contributed by atoms with Gasteiger partial charge >= 0.3 is 0 Å². The Morgan fingerprint density at radius 3 is 2.08 bits per heavy atom. The summed E-state index contributed by atoms with van der Waals surface area (Å²) in [4.78, 5) is 11.0. The molecule has 0 bridgehead atoms. The molecule has 2 atom stereocenters. The first kappa shape index (κ1) is 11.5. The highest BCUT2D eigenvalue weighted by Gasteiger charge is 2.17. The van der Waals surface area contributed by atoms with E-state index in [1.165, 1.54) is 0 Å². The highest BCUT2D eigenvalue weighted by atomic mass is 16.1. The van der Waals surface area contributed by atoms with Gasteiger partial charge in [0.1, 0.15) is 0 Å². The first-order chi connectivity index (χ1) is 5.49. The van der Waals surface area contributed by atoms with Crippen LogP contribution in [0.2, 0.25) is 0 Å². The van der Waals surface area contributed by atoms with Crippen LogP contribution in [0.5, 0.6) is 0 Å². The molecule has 1 unspecified atom stereocenters. The number of carbonyl (C=O) groups is 1. The second kappa shape index (κ2) is 5.18. The van der Waals surface area contributed by atoms with Crippen molar-refractivity contribution in [2.24, 2.45) is 17.8 Å². The average Bonchev–Trinajstić information content (AvgIpc) is 2.02. The minimum atomic E-state index is 0.148. The van der Waals surface area contributed by atoms with Crippen molar-refractivity contribution >= 4 is 5.91 Å². The summed E-state index contributed by atoms with van der Waals surface area (Å²) in [6.45, 7) is 8.74. The predicted octanol–water partition coefficient (Wildman–Crippen LogP) is 2.05. The van der Waals surface area contributed by atoms with Crippen molar-refractivity contribution < 1.29 is 4.79 Å². The summed E-state index contributed by atoms with van der Waals surface area (Å²) in [5, 5.41) is 2.65. The van der Waals surface area contributed by atoms with Crippen molar-refractivity contribution in [3.63, 3.8) is 0 Å². The van der Waals surface area contributed by atoms with Crippen molar-refractivity contribution in [1.82, 2.24) is 5.32 Å². The van der Waals surface area contributed by atoms with Crippen molar-refractivity contribution in [2.75, 3.05) is 7.05 Å². The minimum absolute atomic E-state index is 0.148. The van der Waals surface area contributed by atoms with Crippen LogP contribution in [0, 0.1) is 17.8 Å². The van der Waals surface area contributed by atoms with Crippen LogP contribution in [-0.4, -0.2) is 13.0 Å². The Morgan fingerprint density at radius 2 is 1.75 bits per heavy atom. The second-order valence-electron chi connectivity index (χ2n) is 3.96. The number of hydrogen-bond acceptors (Lipinski definition) is 1. The molecule has 2 heteroatoms. The fourth-order valence-electron chi connectivity index (χ4n) is 1.24. The molecular formula is C10H21NO. The number of rotatable bonds is 4. The fraction of sp³-hybridized carbons (Fsp3) is 0.900. The second-order valence-corrected chi connectivity index (χ2v) is 3.96. The van der Waals surface area contributed by atoms with Gasteiger partial charge in [-0.25, -0.2) is 0 Å². The highest BCUT2D eigenvalue weighted by molar-refractivity contribution is 5.75. The first-order valence-corrected chi connectivity index (χ1v) is 4.69. The van der Waals surface area contributed by atoms with Gasteiger partial charge in [-0.15, -0.1) is 0 Å². The third-order valence-corrected chi connectivity index (χ3v) is 2.74. The van der Waals surface area contributed by atoms with Crippen molar-refractivity contribution in [1.29, 1.82) is 0 Å². The molecular weight excluding hydrogens is 150 g/mol. The zero-order valence-corrected chi connectivity index (χ0v) is 8.85. The summed E-state index contributed by atoms with van der Waals surface area (Å²) in [6.07, 6.45) is 0.649. The molecule has 0 aliphatic carbocycles. The van der Waals surface area contributed by atoms with E-state index in [4.69, 9.17) is 0 Å². The lowest BCUT2D eigenvalue weighted by Gasteiger charge is -2.22. The molecule has 0 aromatic rings. The Labute approximate surface area is 75.7 Å². The first-order valence-electron chi connectivity index (χ1n) is 4.69. The van der Waals surface area contributed by atoms with E-state index in [0.29, 0.717) is 24.2 Å². The summed E-state index contributed by atoms with van der Waals surface area (Å²) in [5.41, 5.74) is 0. The molecule has 2 nitrogen and oxygen atoms in total. The molecule has 0 heterocycles. The largest absolute Gasteiger partial charge is 0.359 e. The van der Waals surface area contributed by atoms with Crippen LogP contribution in [0.4, 0.5) is 0 Å². The van der Waals surface area contributed by atoms with Gasteiger partial charge in [-0.05, 0) is 17.8 Å². The quantitative estimate of drug-likeness (QED) is 0.689. The fourth-order valence-corrected chi connectivity index (χ4v) is 1.24. The summed E-state index contributed by atoms with van der Waals surface area (Å²) in [7, 11) is 1.69. The van der Waals surface area contributed by atoms with Crippen LogP contribution in [0.3, 0.4) is 0 Å². The summed E-state index contributed by atoms with van der Waals surface area (Å²) in [5.74, 6) is 1.90. The van der Waals surface area contributed by atoms with Crippen LogP contribution >= 0.6 is 0 Å². The normalized spacial score (nSPS) is 15.8. The average molecular weight is 171 g/mol. The molecule has 0 radical (unpaired) electrons. The maximum absolute atomic E-state index is 11.0. The molecule has 1 amide bonds. The van der Waals surface area contributed by atoms with Crippen LogP contribution in [0.1, 0.15) is 34.1 Å². The standard InChI is InChI=1S/C10H21NO/c1-7(2)9(4)8(3)6-10(12)11-5/h7-9H,6H2,1-5H3,(H,11,12)/t8-,9?/m0/s1. The van der Waals surface area contributed by atoms with Crippen LogP contribution in [0.25, 0.3) is 0 Å². The predicted molar refractivity (Wildman–Crippen MR) is 51.8 cm³/mol. The van der Waals surface area contributed by atoms with Gasteiger partial charge in [0.2, 0.25) is 5.91 Å². The SMILES string of the molecule is CNC(=O)C[C@H](C)C(C)C(C)C. The van der Waals surface area contributed by atoms with Gasteiger partial charge in [0.15, 0.2) is 0 Å². The number of carbonyl (C=O) groups excluding carboxylic acids is 1. The summed E-state index contributed by atoms with van der Waals surface area (Å²) in [6, 6.07) is 0. The Morgan fingerprint density at radius 1 is 1.25 bits per heavy atom. The number of amides is 1. The van der Waals surface area contributed by atoms with E-state index in [0.717, 1.165) is 0 Å². The van der Waals surface area contributed by atoms with Crippen LogP contribution in [0.15, 0.2) is 0 Å². The lowest BCUT2D eigenvalue weighted by molar-refractivity contribution is -0.121. The van der Waals surface area contributed by atoms with Gasteiger partial charge < -0.3 is 5.32 Å². The number of hydrogen-bond donors (Lipinski definition) is 1. The number of nitrogens with one attached hydrogen (secondary N) is 1. The molecule has 1 N–H and O–H groups in total. The molecule has 12 heavy (non-hydrogen) atoms. The molecule has 0 aromatic heterocycles. The minimum Gasteiger partial charge on any atom is -0.359 e. The maximum atomic E-state index is 11.0. The lowest BCUT2D eigenvalue weighted by Crippen LogP contribution is -2.24. The van der Waals surface area contributed by atoms with Gasteiger partial charge in [-0.2, -0.15) is 0 Å². The lowest BCUT2D eigenvalue weighted by atomic mass is 9.84. The molecule has 0 rings (SSSR count). The molecule has 0 spiro atoms. The van der Waals surface area contributed by atoms with Crippen molar-refractivity contribution in [3.05, 3.63) is 0 Å². The maximum Gasteiger partial charge on any atom is 0.220 e. The molecule has 0 aromatic carbocycles.